The highest BCUT2D eigenvalue weighted by Gasteiger charge is 2.01. The van der Waals surface area contributed by atoms with Crippen LogP contribution >= 0.6 is 11.3 Å². The first-order valence-electron chi connectivity index (χ1n) is 9.78. The molecule has 1 heterocycles. The Morgan fingerprint density at radius 3 is 2.52 bits per heavy atom. The molecular formula is C21H34O3S. The molecule has 3 nitrogen and oxygen atoms in total. The summed E-state index contributed by atoms with van der Waals surface area (Å²) in [6.07, 6.45) is 16.0. The summed E-state index contributed by atoms with van der Waals surface area (Å²) in [5.74, 6) is -0.684. The van der Waals surface area contributed by atoms with Crippen molar-refractivity contribution in [2.24, 2.45) is 0 Å². The van der Waals surface area contributed by atoms with Gasteiger partial charge in [0.25, 0.3) is 0 Å². The lowest BCUT2D eigenvalue weighted by atomic mass is 10.1. The molecule has 1 unspecified atom stereocenters. The monoisotopic (exact) mass is 366 g/mol. The Bertz CT molecular complexity index is 493. The van der Waals surface area contributed by atoms with Gasteiger partial charge in [0.05, 0.1) is 6.10 Å². The highest BCUT2D eigenvalue weighted by molar-refractivity contribution is 7.12. The summed E-state index contributed by atoms with van der Waals surface area (Å²) in [6, 6.07) is 4.34. The van der Waals surface area contributed by atoms with Crippen LogP contribution in [0.2, 0.25) is 0 Å². The van der Waals surface area contributed by atoms with Gasteiger partial charge in [-0.2, -0.15) is 0 Å². The van der Waals surface area contributed by atoms with Crippen molar-refractivity contribution in [3.63, 3.8) is 0 Å². The standard InChI is InChI=1S/C21H34O3S/c1-2-3-8-11-18(22)14-15-20-17-16-19(25-20)12-9-6-4-5-7-10-13-21(23)24/h14-18,22H,2-13H2,1H3,(H,23,24)/b15-14+. The van der Waals surface area contributed by atoms with Crippen molar-refractivity contribution in [1.82, 2.24) is 0 Å². The molecule has 0 aliphatic heterocycles. The molecule has 1 atom stereocenters. The maximum absolute atomic E-state index is 10.4. The van der Waals surface area contributed by atoms with Gasteiger partial charge in [-0.25, -0.2) is 0 Å². The molecule has 1 aromatic heterocycles. The fraction of sp³-hybridized carbons (Fsp3) is 0.667. The van der Waals surface area contributed by atoms with E-state index in [1.54, 1.807) is 0 Å². The van der Waals surface area contributed by atoms with Gasteiger partial charge in [0.15, 0.2) is 0 Å². The van der Waals surface area contributed by atoms with E-state index < -0.39 is 5.97 Å². The van der Waals surface area contributed by atoms with Gasteiger partial charge in [-0.05, 0) is 43.9 Å². The van der Waals surface area contributed by atoms with E-state index in [0.717, 1.165) is 38.5 Å². The number of unbranched alkanes of at least 4 members (excludes halogenated alkanes) is 7. The lowest BCUT2D eigenvalue weighted by molar-refractivity contribution is -0.137. The summed E-state index contributed by atoms with van der Waals surface area (Å²) < 4.78 is 0. The molecule has 0 aliphatic rings. The first kappa shape index (κ1) is 21.9. The average Bonchev–Trinajstić information content (AvgIpc) is 3.03. The minimum Gasteiger partial charge on any atom is -0.481 e. The van der Waals surface area contributed by atoms with Crippen molar-refractivity contribution in [3.05, 3.63) is 28.0 Å². The molecule has 0 radical (unpaired) electrons. The highest BCUT2D eigenvalue weighted by Crippen LogP contribution is 2.21. The number of aryl methyl sites for hydroxylation is 1. The van der Waals surface area contributed by atoms with Crippen LogP contribution in [0.25, 0.3) is 6.08 Å². The molecule has 0 aliphatic carbocycles. The van der Waals surface area contributed by atoms with Gasteiger partial charge in [-0.1, -0.05) is 57.9 Å². The third kappa shape index (κ3) is 12.0. The van der Waals surface area contributed by atoms with Gasteiger partial charge in [0, 0.05) is 16.2 Å². The normalized spacial score (nSPS) is 12.7. The first-order valence-corrected chi connectivity index (χ1v) is 10.6. The van der Waals surface area contributed by atoms with Crippen molar-refractivity contribution in [3.8, 4) is 0 Å². The van der Waals surface area contributed by atoms with Gasteiger partial charge in [-0.3, -0.25) is 4.79 Å². The number of rotatable bonds is 15. The van der Waals surface area contributed by atoms with Crippen LogP contribution in [0.4, 0.5) is 0 Å². The van der Waals surface area contributed by atoms with E-state index in [4.69, 9.17) is 5.11 Å². The van der Waals surface area contributed by atoms with Gasteiger partial charge >= 0.3 is 5.97 Å². The summed E-state index contributed by atoms with van der Waals surface area (Å²) in [7, 11) is 0. The lowest BCUT2D eigenvalue weighted by Gasteiger charge is -2.03. The largest absolute Gasteiger partial charge is 0.481 e. The van der Waals surface area contributed by atoms with Gasteiger partial charge < -0.3 is 10.2 Å². The van der Waals surface area contributed by atoms with Crippen molar-refractivity contribution in [2.45, 2.75) is 90.1 Å². The minimum atomic E-state index is -0.684. The van der Waals surface area contributed by atoms with Gasteiger partial charge in [0.1, 0.15) is 0 Å². The number of aliphatic carboxylic acids is 1. The Morgan fingerprint density at radius 1 is 1.08 bits per heavy atom. The quantitative estimate of drug-likeness (QED) is 0.371. The number of hydrogen-bond acceptors (Lipinski definition) is 3. The maximum atomic E-state index is 10.4. The predicted octanol–water partition coefficient (Wildman–Crippen LogP) is 6.06. The predicted molar refractivity (Wildman–Crippen MR) is 107 cm³/mol. The number of carboxylic acid groups (broad SMARTS) is 1. The maximum Gasteiger partial charge on any atom is 0.303 e. The Labute approximate surface area is 156 Å². The SMILES string of the molecule is CCCCCC(O)/C=C/c1ccc(CCCCCCCCC(=O)O)s1. The second-order valence-corrected chi connectivity index (χ2v) is 7.94. The zero-order valence-electron chi connectivity index (χ0n) is 15.6. The number of carbonyl (C=O) groups is 1. The first-order chi connectivity index (χ1) is 12.1. The number of aliphatic hydroxyl groups excluding tert-OH is 1. The van der Waals surface area contributed by atoms with Crippen LogP contribution in [0, 0.1) is 0 Å². The Hall–Kier alpha value is -1.13. The Balaban J connectivity index is 2.11. The number of aliphatic hydroxyl groups is 1. The van der Waals surface area contributed by atoms with Gasteiger partial charge in [-0.15, -0.1) is 11.3 Å². The van der Waals surface area contributed by atoms with E-state index in [2.05, 4.69) is 19.1 Å². The molecule has 142 valence electrons. The molecule has 0 saturated heterocycles. The molecule has 0 aromatic carbocycles. The number of thiophene rings is 1. The van der Waals surface area contributed by atoms with Gasteiger partial charge in [0.2, 0.25) is 0 Å². The molecule has 0 amide bonds. The summed E-state index contributed by atoms with van der Waals surface area (Å²) in [5.41, 5.74) is 0. The van der Waals surface area contributed by atoms with Crippen molar-refractivity contribution >= 4 is 23.4 Å². The molecule has 4 heteroatoms. The number of hydrogen-bond donors (Lipinski definition) is 2. The van der Waals surface area contributed by atoms with Crippen LogP contribution in [0.5, 0.6) is 0 Å². The average molecular weight is 367 g/mol. The minimum absolute atomic E-state index is 0.304. The van der Waals surface area contributed by atoms with Crippen LogP contribution in [-0.2, 0) is 11.2 Å². The van der Waals surface area contributed by atoms with E-state index in [-0.39, 0.29) is 6.10 Å². The van der Waals surface area contributed by atoms with Crippen LogP contribution in [0.15, 0.2) is 18.2 Å². The van der Waals surface area contributed by atoms with Crippen LogP contribution in [0.3, 0.4) is 0 Å². The number of carboxylic acids is 1. The summed E-state index contributed by atoms with van der Waals surface area (Å²) in [6.45, 7) is 2.18. The van der Waals surface area contributed by atoms with E-state index >= 15 is 0 Å². The van der Waals surface area contributed by atoms with E-state index in [1.807, 2.05) is 23.5 Å². The van der Waals surface area contributed by atoms with Crippen LogP contribution in [0.1, 0.15) is 87.3 Å². The Kier molecular flexibility index (Phi) is 12.3. The molecule has 0 fully saturated rings. The molecular weight excluding hydrogens is 332 g/mol. The van der Waals surface area contributed by atoms with Crippen molar-refractivity contribution < 1.29 is 15.0 Å². The molecule has 0 spiro atoms. The second kappa shape index (κ2) is 14.1. The molecule has 1 rings (SSSR count). The molecule has 25 heavy (non-hydrogen) atoms. The van der Waals surface area contributed by atoms with Crippen LogP contribution in [-0.4, -0.2) is 22.3 Å². The zero-order valence-corrected chi connectivity index (χ0v) is 16.4. The van der Waals surface area contributed by atoms with Crippen LogP contribution < -0.4 is 0 Å². The molecule has 0 saturated carbocycles. The van der Waals surface area contributed by atoms with E-state index in [0.29, 0.717) is 6.42 Å². The van der Waals surface area contributed by atoms with E-state index in [1.165, 1.54) is 41.9 Å². The second-order valence-electron chi connectivity index (χ2n) is 6.74. The van der Waals surface area contributed by atoms with E-state index in [9.17, 15) is 9.90 Å². The lowest BCUT2D eigenvalue weighted by Crippen LogP contribution is -2.00. The summed E-state index contributed by atoms with van der Waals surface area (Å²) in [5, 5.41) is 18.5. The fourth-order valence-corrected chi connectivity index (χ4v) is 3.77. The highest BCUT2D eigenvalue weighted by atomic mass is 32.1. The topological polar surface area (TPSA) is 57.5 Å². The summed E-state index contributed by atoms with van der Waals surface area (Å²) in [4.78, 5) is 13.0. The smallest absolute Gasteiger partial charge is 0.303 e. The zero-order chi connectivity index (χ0) is 18.3. The summed E-state index contributed by atoms with van der Waals surface area (Å²) >= 11 is 1.82. The molecule has 0 bridgehead atoms. The third-order valence-electron chi connectivity index (χ3n) is 4.33. The molecule has 1 aromatic rings. The Morgan fingerprint density at radius 2 is 1.80 bits per heavy atom. The van der Waals surface area contributed by atoms with Crippen molar-refractivity contribution in [2.75, 3.05) is 0 Å². The third-order valence-corrected chi connectivity index (χ3v) is 5.44. The fourth-order valence-electron chi connectivity index (χ4n) is 2.81. The van der Waals surface area contributed by atoms with Crippen molar-refractivity contribution in [1.29, 1.82) is 0 Å². The molecule has 2 N–H and O–H groups in total.